The van der Waals surface area contributed by atoms with Crippen LogP contribution in [0.25, 0.3) is 0 Å². The summed E-state index contributed by atoms with van der Waals surface area (Å²) in [6.07, 6.45) is -0.775. The maximum absolute atomic E-state index is 12.1. The second-order valence-corrected chi connectivity index (χ2v) is 7.05. The Labute approximate surface area is 165 Å². The van der Waals surface area contributed by atoms with Gasteiger partial charge in [-0.1, -0.05) is 30.3 Å². The van der Waals surface area contributed by atoms with E-state index in [4.69, 9.17) is 16.3 Å². The van der Waals surface area contributed by atoms with Gasteiger partial charge in [-0.05, 0) is 5.56 Å². The molecular formula is C13H12ClN2NaO6S. The average Bonchev–Trinajstić information content (AvgIpc) is 2.77. The monoisotopic (exact) mass is 382 g/mol. The van der Waals surface area contributed by atoms with Crippen LogP contribution in [0.4, 0.5) is 4.79 Å². The van der Waals surface area contributed by atoms with Gasteiger partial charge < -0.3 is 9.29 Å². The number of rotatable bonds is 3. The first kappa shape index (κ1) is 19.5. The summed E-state index contributed by atoms with van der Waals surface area (Å²) in [6, 6.07) is 6.84. The molecule has 2 heterocycles. The number of alkyl halides is 1. The summed E-state index contributed by atoms with van der Waals surface area (Å²) < 4.78 is 38.5. The van der Waals surface area contributed by atoms with Crippen LogP contribution in [0.3, 0.4) is 0 Å². The summed E-state index contributed by atoms with van der Waals surface area (Å²) >= 11 is 5.98. The van der Waals surface area contributed by atoms with Gasteiger partial charge in [0.15, 0.2) is 10.3 Å². The van der Waals surface area contributed by atoms with Gasteiger partial charge in [-0.15, -0.1) is 11.6 Å². The Balaban J connectivity index is 0.00000208. The fourth-order valence-electron chi connectivity index (χ4n) is 2.79. The Kier molecular flexibility index (Phi) is 5.83. The van der Waals surface area contributed by atoms with Crippen molar-refractivity contribution in [2.45, 2.75) is 24.1 Å². The molecule has 2 saturated heterocycles. The summed E-state index contributed by atoms with van der Waals surface area (Å²) in [6.45, 7) is -0.0550. The van der Waals surface area contributed by atoms with Crippen molar-refractivity contribution < 1.29 is 56.9 Å². The standard InChI is InChI=1S/C13H13ClN2O6S.Na/c14-9-6-15(11-10(9)16(12(11)17)23(19,20)21)13(18)22-7-8-4-2-1-3-5-8;/h1-5,9-11H,6-7H2,(H,19,20,21);/q;+1/p-1/t9-,10-,11+;/m1./s1. The van der Waals surface area contributed by atoms with Crippen LogP contribution in [0.1, 0.15) is 5.56 Å². The van der Waals surface area contributed by atoms with Gasteiger partial charge in [0.1, 0.15) is 12.6 Å². The topological polar surface area (TPSA) is 107 Å². The number of β-lactam (4-membered cyclic amide) rings is 1. The van der Waals surface area contributed by atoms with Crippen molar-refractivity contribution in [2.24, 2.45) is 0 Å². The van der Waals surface area contributed by atoms with Gasteiger partial charge in [0, 0.05) is 6.54 Å². The van der Waals surface area contributed by atoms with E-state index in [1.807, 2.05) is 6.07 Å². The van der Waals surface area contributed by atoms with E-state index < -0.39 is 39.8 Å². The van der Waals surface area contributed by atoms with Crippen LogP contribution in [0.5, 0.6) is 0 Å². The Hall–Kier alpha value is -0.840. The molecule has 11 heteroatoms. The van der Waals surface area contributed by atoms with Crippen molar-refractivity contribution in [1.82, 2.24) is 9.21 Å². The molecule has 0 saturated carbocycles. The zero-order valence-corrected chi connectivity index (χ0v) is 16.2. The molecule has 3 atom stereocenters. The van der Waals surface area contributed by atoms with Crippen LogP contribution < -0.4 is 29.6 Å². The van der Waals surface area contributed by atoms with Crippen LogP contribution >= 0.6 is 11.6 Å². The molecule has 2 aliphatic rings. The molecule has 0 aliphatic carbocycles. The first-order chi connectivity index (χ1) is 10.8. The Morgan fingerprint density at radius 3 is 2.54 bits per heavy atom. The van der Waals surface area contributed by atoms with Crippen molar-refractivity contribution in [2.75, 3.05) is 6.54 Å². The van der Waals surface area contributed by atoms with Crippen LogP contribution in [-0.2, 0) is 26.4 Å². The number of benzene rings is 1. The molecule has 0 aromatic heterocycles. The fourth-order valence-corrected chi connectivity index (χ4v) is 4.15. The molecule has 0 bridgehead atoms. The minimum Gasteiger partial charge on any atom is -0.731 e. The number of hydrogen-bond acceptors (Lipinski definition) is 6. The van der Waals surface area contributed by atoms with Crippen LogP contribution in [0.2, 0.25) is 0 Å². The quantitative estimate of drug-likeness (QED) is 0.243. The van der Waals surface area contributed by atoms with E-state index in [1.165, 1.54) is 0 Å². The average molecular weight is 383 g/mol. The van der Waals surface area contributed by atoms with Crippen molar-refractivity contribution >= 4 is 33.9 Å². The zero-order valence-electron chi connectivity index (χ0n) is 12.7. The van der Waals surface area contributed by atoms with E-state index in [0.29, 0.717) is 0 Å². The second-order valence-electron chi connectivity index (χ2n) is 5.24. The maximum atomic E-state index is 12.1. The molecule has 0 N–H and O–H groups in total. The third kappa shape index (κ3) is 3.42. The third-order valence-electron chi connectivity index (χ3n) is 3.82. The summed E-state index contributed by atoms with van der Waals surface area (Å²) in [4.78, 5) is 25.0. The van der Waals surface area contributed by atoms with Gasteiger partial charge in [-0.25, -0.2) is 17.5 Å². The summed E-state index contributed by atoms with van der Waals surface area (Å²) in [5, 5.41) is -0.842. The SMILES string of the molecule is O=C(OCc1ccccc1)N1C[C@@H](Cl)[C@@H]2[C@H]1C(=O)N2S(=O)(=O)[O-].[Na+]. The van der Waals surface area contributed by atoms with Crippen LogP contribution in [0, 0.1) is 0 Å². The Morgan fingerprint density at radius 1 is 1.33 bits per heavy atom. The molecule has 2 fully saturated rings. The van der Waals surface area contributed by atoms with Gasteiger partial charge in [0.25, 0.3) is 5.91 Å². The predicted molar refractivity (Wildman–Crippen MR) is 77.1 cm³/mol. The van der Waals surface area contributed by atoms with Gasteiger partial charge >= 0.3 is 35.7 Å². The van der Waals surface area contributed by atoms with E-state index in [9.17, 15) is 22.6 Å². The molecule has 3 rings (SSSR count). The van der Waals surface area contributed by atoms with Crippen molar-refractivity contribution in [1.29, 1.82) is 0 Å². The number of nitrogens with zero attached hydrogens (tertiary/aromatic N) is 2. The molecule has 1 aromatic carbocycles. The third-order valence-corrected chi connectivity index (χ3v) is 5.12. The molecule has 124 valence electrons. The van der Waals surface area contributed by atoms with Crippen LogP contribution in [0.15, 0.2) is 30.3 Å². The van der Waals surface area contributed by atoms with Crippen molar-refractivity contribution in [3.8, 4) is 0 Å². The molecule has 0 spiro atoms. The smallest absolute Gasteiger partial charge is 0.731 e. The molecule has 24 heavy (non-hydrogen) atoms. The molecule has 0 radical (unpaired) electrons. The van der Waals surface area contributed by atoms with E-state index in [1.54, 1.807) is 24.3 Å². The molecular weight excluding hydrogens is 371 g/mol. The van der Waals surface area contributed by atoms with E-state index in [-0.39, 0.29) is 47.0 Å². The van der Waals surface area contributed by atoms with E-state index in [2.05, 4.69) is 0 Å². The number of hydrogen-bond donors (Lipinski definition) is 0. The van der Waals surface area contributed by atoms with Gasteiger partial charge in [0.2, 0.25) is 0 Å². The van der Waals surface area contributed by atoms with Crippen molar-refractivity contribution in [3.63, 3.8) is 0 Å². The first-order valence-electron chi connectivity index (χ1n) is 6.71. The molecule has 2 aliphatic heterocycles. The van der Waals surface area contributed by atoms with E-state index in [0.717, 1.165) is 10.5 Å². The Bertz CT molecular complexity index is 746. The van der Waals surface area contributed by atoms with Gasteiger partial charge in [-0.2, -0.15) is 0 Å². The minimum atomic E-state index is -4.94. The number of halogens is 1. The normalized spacial score (nSPS) is 25.6. The maximum Gasteiger partial charge on any atom is 1.00 e. The molecule has 0 unspecified atom stereocenters. The summed E-state index contributed by atoms with van der Waals surface area (Å²) in [7, 11) is -4.94. The van der Waals surface area contributed by atoms with Gasteiger partial charge in [0.05, 0.1) is 11.4 Å². The second kappa shape index (κ2) is 7.19. The molecule has 2 amide bonds. The molecule has 1 aromatic rings. The number of fused-ring (bicyclic) bond motifs is 1. The number of ether oxygens (including phenoxy) is 1. The number of carbonyl (C=O) groups excluding carboxylic acids is 2. The van der Waals surface area contributed by atoms with Gasteiger partial charge in [-0.3, -0.25) is 9.69 Å². The summed E-state index contributed by atoms with van der Waals surface area (Å²) in [5.74, 6) is -0.954. The van der Waals surface area contributed by atoms with E-state index >= 15 is 0 Å². The minimum absolute atomic E-state index is 0. The number of likely N-dealkylation sites (tertiary alicyclic amines) is 1. The largest absolute Gasteiger partial charge is 1.00 e. The molecule has 8 nitrogen and oxygen atoms in total. The van der Waals surface area contributed by atoms with Crippen LogP contribution in [-0.4, -0.2) is 58.2 Å². The first-order valence-corrected chi connectivity index (χ1v) is 8.51. The zero-order chi connectivity index (χ0) is 16.8. The predicted octanol–water partition coefficient (Wildman–Crippen LogP) is -2.71. The van der Waals surface area contributed by atoms with Crippen molar-refractivity contribution in [3.05, 3.63) is 35.9 Å². The Morgan fingerprint density at radius 2 is 1.96 bits per heavy atom. The summed E-state index contributed by atoms with van der Waals surface area (Å²) in [5.41, 5.74) is 0.766. The fraction of sp³-hybridized carbons (Fsp3) is 0.385. The number of carbonyl (C=O) groups is 2. The number of amides is 2.